The third kappa shape index (κ3) is 2.95. The number of aryl methyl sites for hydroxylation is 2. The van der Waals surface area contributed by atoms with Crippen molar-refractivity contribution in [1.82, 2.24) is 24.5 Å². The van der Waals surface area contributed by atoms with Crippen molar-refractivity contribution >= 4 is 17.4 Å². The maximum atomic E-state index is 12.8. The van der Waals surface area contributed by atoms with Gasteiger partial charge in [-0.15, -0.1) is 0 Å². The molecule has 0 saturated carbocycles. The van der Waals surface area contributed by atoms with Crippen molar-refractivity contribution in [3.63, 3.8) is 0 Å². The molecule has 156 valence electrons. The Morgan fingerprint density at radius 3 is 2.40 bits per heavy atom. The Hall–Kier alpha value is -2.67. The fourth-order valence-electron chi connectivity index (χ4n) is 5.55. The number of H-pyrrole nitrogens is 1. The molecule has 1 fully saturated rings. The number of rotatable bonds is 3. The van der Waals surface area contributed by atoms with Crippen LogP contribution < -0.4 is 10.9 Å². The first kappa shape index (κ1) is 18.1. The van der Waals surface area contributed by atoms with Gasteiger partial charge in [0.25, 0.3) is 11.3 Å². The van der Waals surface area contributed by atoms with Gasteiger partial charge >= 0.3 is 0 Å². The molecule has 0 spiro atoms. The van der Waals surface area contributed by atoms with Crippen molar-refractivity contribution in [2.75, 3.05) is 25.5 Å². The molecule has 0 atom stereocenters. The monoisotopic (exact) mass is 404 g/mol. The van der Waals surface area contributed by atoms with Crippen LogP contribution in [0.15, 0.2) is 16.9 Å². The molecule has 1 aromatic carbocycles. The van der Waals surface area contributed by atoms with E-state index in [1.54, 1.807) is 6.07 Å². The molecule has 2 N–H and O–H groups in total. The quantitative estimate of drug-likeness (QED) is 0.702. The maximum Gasteiger partial charge on any atom is 0.274 e. The molecule has 30 heavy (non-hydrogen) atoms. The average Bonchev–Trinajstić information content (AvgIpc) is 3.47. The topological polar surface area (TPSA) is 78.3 Å². The summed E-state index contributed by atoms with van der Waals surface area (Å²) < 4.78 is 1.46. The summed E-state index contributed by atoms with van der Waals surface area (Å²) in [6.07, 6.45) is 9.07. The van der Waals surface area contributed by atoms with E-state index in [0.717, 1.165) is 44.5 Å². The zero-order valence-corrected chi connectivity index (χ0v) is 17.5. The van der Waals surface area contributed by atoms with Crippen molar-refractivity contribution in [1.29, 1.82) is 0 Å². The van der Waals surface area contributed by atoms with E-state index in [9.17, 15) is 4.79 Å². The van der Waals surface area contributed by atoms with Gasteiger partial charge in [0.2, 0.25) is 5.95 Å². The van der Waals surface area contributed by atoms with E-state index in [1.165, 1.54) is 58.1 Å². The van der Waals surface area contributed by atoms with Gasteiger partial charge in [0, 0.05) is 17.7 Å². The number of likely N-dealkylation sites (tertiary alicyclic amines) is 1. The molecule has 0 unspecified atom stereocenters. The number of hydrogen-bond donors (Lipinski definition) is 2. The lowest BCUT2D eigenvalue weighted by atomic mass is 9.94. The molecule has 0 amide bonds. The summed E-state index contributed by atoms with van der Waals surface area (Å²) in [4.78, 5) is 24.5. The molecule has 3 aromatic rings. The number of aromatic amines is 1. The molecule has 2 aromatic heterocycles. The van der Waals surface area contributed by atoms with Crippen LogP contribution in [0.3, 0.4) is 0 Å². The van der Waals surface area contributed by atoms with Gasteiger partial charge in [-0.05, 0) is 93.8 Å². The number of benzene rings is 1. The smallest absolute Gasteiger partial charge is 0.274 e. The third-order valence-corrected chi connectivity index (χ3v) is 7.20. The summed E-state index contributed by atoms with van der Waals surface area (Å²) in [5.74, 6) is 1.41. The summed E-state index contributed by atoms with van der Waals surface area (Å²) in [7, 11) is 2.14. The molecule has 7 heteroatoms. The van der Waals surface area contributed by atoms with Crippen LogP contribution in [0.2, 0.25) is 0 Å². The molecule has 2 aliphatic carbocycles. The van der Waals surface area contributed by atoms with E-state index in [1.807, 2.05) is 0 Å². The Morgan fingerprint density at radius 1 is 1.00 bits per heavy atom. The fourth-order valence-corrected chi connectivity index (χ4v) is 5.55. The Morgan fingerprint density at radius 2 is 1.70 bits per heavy atom. The highest BCUT2D eigenvalue weighted by molar-refractivity contribution is 5.70. The van der Waals surface area contributed by atoms with Crippen LogP contribution in [0.4, 0.5) is 11.6 Å². The Kier molecular flexibility index (Phi) is 4.19. The lowest BCUT2D eigenvalue weighted by Crippen LogP contribution is -2.30. The SMILES string of the molecule is CN1CCC(c2cc(=O)n3[nH]c(Nc4c5c(cc6c4CCC6)CCC5)nc3n2)CC1. The number of anilines is 2. The highest BCUT2D eigenvalue weighted by Crippen LogP contribution is 2.39. The van der Waals surface area contributed by atoms with E-state index in [0.29, 0.717) is 17.6 Å². The van der Waals surface area contributed by atoms with Crippen molar-refractivity contribution in [2.45, 2.75) is 57.3 Å². The van der Waals surface area contributed by atoms with Crippen LogP contribution >= 0.6 is 0 Å². The van der Waals surface area contributed by atoms with Gasteiger partial charge < -0.3 is 10.2 Å². The first-order chi connectivity index (χ1) is 14.7. The lowest BCUT2D eigenvalue weighted by Gasteiger charge is -2.28. The third-order valence-electron chi connectivity index (χ3n) is 7.20. The summed E-state index contributed by atoms with van der Waals surface area (Å²) in [6.45, 7) is 2.09. The standard InChI is InChI=1S/C23H28N6O/c1-28-10-8-14(9-11-28)19-13-20(30)29-23(24-19)26-22(27-29)25-21-17-6-2-4-15(17)12-16-5-3-7-18(16)21/h12-14H,2-11H2,1H3,(H2,24,25,26,27). The van der Waals surface area contributed by atoms with E-state index in [4.69, 9.17) is 4.98 Å². The molecule has 0 radical (unpaired) electrons. The average molecular weight is 405 g/mol. The molecular weight excluding hydrogens is 376 g/mol. The summed E-state index contributed by atoms with van der Waals surface area (Å²) in [5, 5.41) is 6.70. The van der Waals surface area contributed by atoms with Gasteiger partial charge in [-0.3, -0.25) is 9.89 Å². The Balaban J connectivity index is 1.37. The minimum absolute atomic E-state index is 0.0852. The molecule has 6 rings (SSSR count). The number of nitrogens with zero attached hydrogens (tertiary/aromatic N) is 4. The van der Waals surface area contributed by atoms with Gasteiger partial charge in [-0.1, -0.05) is 6.07 Å². The molecule has 1 aliphatic heterocycles. The zero-order chi connectivity index (χ0) is 20.2. The second-order valence-electron chi connectivity index (χ2n) is 9.16. The second kappa shape index (κ2) is 6.94. The molecule has 7 nitrogen and oxygen atoms in total. The van der Waals surface area contributed by atoms with Crippen LogP contribution in [0.25, 0.3) is 5.78 Å². The molecular formula is C23H28N6O. The van der Waals surface area contributed by atoms with Gasteiger partial charge in [-0.2, -0.15) is 9.50 Å². The maximum absolute atomic E-state index is 12.8. The molecule has 3 aliphatic rings. The molecule has 0 bridgehead atoms. The van der Waals surface area contributed by atoms with E-state index >= 15 is 0 Å². The number of fused-ring (bicyclic) bond motifs is 3. The van der Waals surface area contributed by atoms with Crippen molar-refractivity contribution in [2.24, 2.45) is 0 Å². The zero-order valence-electron chi connectivity index (χ0n) is 17.5. The summed E-state index contributed by atoms with van der Waals surface area (Å²) in [5.41, 5.74) is 7.85. The van der Waals surface area contributed by atoms with Crippen LogP contribution in [-0.2, 0) is 25.7 Å². The fraction of sp³-hybridized carbons (Fsp3) is 0.522. The predicted molar refractivity (Wildman–Crippen MR) is 117 cm³/mol. The first-order valence-corrected chi connectivity index (χ1v) is 11.3. The summed E-state index contributed by atoms with van der Waals surface area (Å²) >= 11 is 0. The van der Waals surface area contributed by atoms with Gasteiger partial charge in [0.1, 0.15) is 0 Å². The van der Waals surface area contributed by atoms with Crippen molar-refractivity contribution < 1.29 is 0 Å². The van der Waals surface area contributed by atoms with Gasteiger partial charge in [0.15, 0.2) is 0 Å². The highest BCUT2D eigenvalue weighted by atomic mass is 16.1. The van der Waals surface area contributed by atoms with E-state index in [-0.39, 0.29) is 5.56 Å². The highest BCUT2D eigenvalue weighted by Gasteiger charge is 2.25. The minimum atomic E-state index is -0.0852. The minimum Gasteiger partial charge on any atom is -0.324 e. The second-order valence-corrected chi connectivity index (χ2v) is 9.16. The Bertz CT molecular complexity index is 1150. The van der Waals surface area contributed by atoms with Crippen LogP contribution in [0.5, 0.6) is 0 Å². The number of nitrogens with one attached hydrogen (secondary N) is 2. The van der Waals surface area contributed by atoms with E-state index < -0.39 is 0 Å². The van der Waals surface area contributed by atoms with Crippen molar-refractivity contribution in [3.8, 4) is 0 Å². The van der Waals surface area contributed by atoms with Crippen molar-refractivity contribution in [3.05, 3.63) is 50.4 Å². The molecule has 1 saturated heterocycles. The van der Waals surface area contributed by atoms with E-state index in [2.05, 4.69) is 33.4 Å². The predicted octanol–water partition coefficient (Wildman–Crippen LogP) is 2.95. The summed E-state index contributed by atoms with van der Waals surface area (Å²) in [6, 6.07) is 4.11. The largest absolute Gasteiger partial charge is 0.324 e. The van der Waals surface area contributed by atoms with Crippen LogP contribution in [0.1, 0.15) is 59.5 Å². The normalized spacial score (nSPS) is 19.4. The number of piperidine rings is 1. The number of aromatic nitrogens is 4. The lowest BCUT2D eigenvalue weighted by molar-refractivity contribution is 0.253. The first-order valence-electron chi connectivity index (χ1n) is 11.3. The van der Waals surface area contributed by atoms with Crippen LogP contribution in [-0.4, -0.2) is 44.6 Å². The number of hydrogen-bond acceptors (Lipinski definition) is 5. The van der Waals surface area contributed by atoms with Gasteiger partial charge in [0.05, 0.1) is 5.69 Å². The molecule has 3 heterocycles. The van der Waals surface area contributed by atoms with Gasteiger partial charge in [-0.25, -0.2) is 4.98 Å². The van der Waals surface area contributed by atoms with Crippen LogP contribution in [0, 0.1) is 0 Å². The Labute approximate surface area is 175 Å².